The van der Waals surface area contributed by atoms with Gasteiger partial charge < -0.3 is 0 Å². The Labute approximate surface area is 104 Å². The summed E-state index contributed by atoms with van der Waals surface area (Å²) in [6.45, 7) is -0.559. The van der Waals surface area contributed by atoms with Crippen molar-refractivity contribution in [2.45, 2.75) is 6.04 Å². The zero-order chi connectivity index (χ0) is 13.1. The first-order chi connectivity index (χ1) is 7.79. The molecule has 1 rings (SSSR count). The summed E-state index contributed by atoms with van der Waals surface area (Å²) < 4.78 is 24.5. The number of nitrogens with one attached hydrogen (secondary N) is 1. The molecule has 1 N–H and O–H groups in total. The summed E-state index contributed by atoms with van der Waals surface area (Å²) >= 11 is 5.87. The Morgan fingerprint density at radius 3 is 2.53 bits per heavy atom. The lowest BCUT2D eigenvalue weighted by molar-refractivity contribution is -0.483. The molecule has 0 bridgehead atoms. The van der Waals surface area contributed by atoms with Crippen LogP contribution in [-0.4, -0.2) is 26.1 Å². The van der Waals surface area contributed by atoms with E-state index in [4.69, 9.17) is 11.6 Å². The highest BCUT2D eigenvalue weighted by Crippen LogP contribution is 2.23. The van der Waals surface area contributed by atoms with Crippen LogP contribution in [0.4, 0.5) is 0 Å². The molecule has 0 aliphatic heterocycles. The van der Waals surface area contributed by atoms with Gasteiger partial charge in [0.25, 0.3) is 0 Å². The fraction of sp³-hybridized carbons (Fsp3) is 0.333. The van der Waals surface area contributed by atoms with E-state index in [-0.39, 0.29) is 5.02 Å². The molecule has 8 heteroatoms. The molecule has 0 spiro atoms. The molecule has 1 atom stereocenters. The van der Waals surface area contributed by atoms with Crippen LogP contribution in [0, 0.1) is 10.1 Å². The highest BCUT2D eigenvalue weighted by atomic mass is 35.5. The Kier molecular flexibility index (Phi) is 4.44. The van der Waals surface area contributed by atoms with Gasteiger partial charge in [-0.3, -0.25) is 10.1 Å². The van der Waals surface area contributed by atoms with Crippen LogP contribution in [0.3, 0.4) is 0 Å². The van der Waals surface area contributed by atoms with Crippen molar-refractivity contribution in [3.63, 3.8) is 0 Å². The number of sulfonamides is 1. The van der Waals surface area contributed by atoms with E-state index in [0.29, 0.717) is 5.56 Å². The molecule has 0 heterocycles. The van der Waals surface area contributed by atoms with Crippen LogP contribution in [0.1, 0.15) is 11.6 Å². The third-order valence-electron chi connectivity index (χ3n) is 1.97. The summed E-state index contributed by atoms with van der Waals surface area (Å²) in [7, 11) is -3.55. The van der Waals surface area contributed by atoms with Crippen molar-refractivity contribution >= 4 is 21.6 Å². The van der Waals surface area contributed by atoms with Gasteiger partial charge in [0.05, 0.1) is 6.26 Å². The highest BCUT2D eigenvalue weighted by Gasteiger charge is 2.23. The van der Waals surface area contributed by atoms with Crippen molar-refractivity contribution in [3.8, 4) is 0 Å². The topological polar surface area (TPSA) is 89.3 Å². The van der Waals surface area contributed by atoms with E-state index in [1.54, 1.807) is 24.3 Å². The zero-order valence-electron chi connectivity index (χ0n) is 8.96. The number of rotatable bonds is 5. The van der Waals surface area contributed by atoms with Crippen LogP contribution in [0.5, 0.6) is 0 Å². The van der Waals surface area contributed by atoms with Gasteiger partial charge in [0.1, 0.15) is 6.04 Å². The lowest BCUT2D eigenvalue weighted by Crippen LogP contribution is -2.32. The molecule has 6 nitrogen and oxygen atoms in total. The van der Waals surface area contributed by atoms with Crippen LogP contribution in [0.25, 0.3) is 0 Å². The average molecular weight is 279 g/mol. The molecule has 0 radical (unpaired) electrons. The predicted molar refractivity (Wildman–Crippen MR) is 64.0 cm³/mol. The van der Waals surface area contributed by atoms with E-state index in [1.807, 2.05) is 0 Å². The van der Waals surface area contributed by atoms with Crippen LogP contribution in [0.2, 0.25) is 5.02 Å². The molecule has 0 unspecified atom stereocenters. The third kappa shape index (κ3) is 4.68. The van der Waals surface area contributed by atoms with Gasteiger partial charge in [-0.1, -0.05) is 29.8 Å². The maximum Gasteiger partial charge on any atom is 0.224 e. The first-order valence-electron chi connectivity index (χ1n) is 4.63. The molecule has 94 valence electrons. The molecule has 0 saturated heterocycles. The smallest absolute Gasteiger partial charge is 0.224 e. The second kappa shape index (κ2) is 5.44. The monoisotopic (exact) mass is 278 g/mol. The predicted octanol–water partition coefficient (Wildman–Crippen LogP) is 1.21. The molecule has 0 aromatic heterocycles. The Balaban J connectivity index is 3.06. The van der Waals surface area contributed by atoms with Gasteiger partial charge in [0, 0.05) is 9.95 Å². The average Bonchev–Trinajstić information content (AvgIpc) is 2.14. The van der Waals surface area contributed by atoms with E-state index in [9.17, 15) is 18.5 Å². The van der Waals surface area contributed by atoms with Crippen molar-refractivity contribution in [1.82, 2.24) is 4.72 Å². The summed E-state index contributed by atoms with van der Waals surface area (Å²) in [6, 6.07) is 5.43. The minimum absolute atomic E-state index is 0.288. The molecule has 0 fully saturated rings. The molecule has 0 saturated carbocycles. The van der Waals surface area contributed by atoms with E-state index in [1.165, 1.54) is 0 Å². The normalized spacial score (nSPS) is 13.3. The summed E-state index contributed by atoms with van der Waals surface area (Å²) in [4.78, 5) is 9.92. The number of benzene rings is 1. The number of halogens is 1. The molecule has 1 aromatic carbocycles. The SMILES string of the molecule is CS(=O)(=O)N[C@H](C[N+](=O)[O-])c1ccccc1Cl. The van der Waals surface area contributed by atoms with Gasteiger partial charge in [0.15, 0.2) is 0 Å². The number of hydrogen-bond donors (Lipinski definition) is 1. The molecule has 1 aromatic rings. The van der Waals surface area contributed by atoms with Crippen molar-refractivity contribution in [1.29, 1.82) is 0 Å². The molecule has 0 aliphatic carbocycles. The fourth-order valence-electron chi connectivity index (χ4n) is 1.36. The number of nitrogens with zero attached hydrogens (tertiary/aromatic N) is 1. The Morgan fingerprint density at radius 1 is 1.47 bits per heavy atom. The van der Waals surface area contributed by atoms with Crippen LogP contribution >= 0.6 is 11.6 Å². The molecule has 0 amide bonds. The lowest BCUT2D eigenvalue weighted by Gasteiger charge is -2.15. The second-order valence-corrected chi connectivity index (χ2v) is 5.67. The third-order valence-corrected chi connectivity index (χ3v) is 3.03. The Bertz CT molecular complexity index is 517. The van der Waals surface area contributed by atoms with Gasteiger partial charge in [-0.05, 0) is 11.6 Å². The van der Waals surface area contributed by atoms with Crippen LogP contribution in [0.15, 0.2) is 24.3 Å². The summed E-state index contributed by atoms with van der Waals surface area (Å²) in [5.41, 5.74) is 0.385. The Hall–Kier alpha value is -1.18. The first-order valence-corrected chi connectivity index (χ1v) is 6.90. The van der Waals surface area contributed by atoms with E-state index in [2.05, 4.69) is 4.72 Å². The number of nitro groups is 1. The van der Waals surface area contributed by atoms with Crippen molar-refractivity contribution < 1.29 is 13.3 Å². The standard InChI is InChI=1S/C9H11ClN2O4S/c1-17(15,16)11-9(6-12(13)14)7-4-2-3-5-8(7)10/h2-5,9,11H,6H2,1H3/t9-/m1/s1. The fourth-order valence-corrected chi connectivity index (χ4v) is 2.35. The van der Waals surface area contributed by atoms with Gasteiger partial charge >= 0.3 is 0 Å². The summed E-state index contributed by atoms with van der Waals surface area (Å²) in [6.07, 6.45) is 0.941. The largest absolute Gasteiger partial charge is 0.264 e. The van der Waals surface area contributed by atoms with Crippen molar-refractivity contribution in [2.24, 2.45) is 0 Å². The van der Waals surface area contributed by atoms with Crippen LogP contribution in [-0.2, 0) is 10.0 Å². The van der Waals surface area contributed by atoms with Gasteiger partial charge in [0.2, 0.25) is 16.6 Å². The van der Waals surface area contributed by atoms with E-state index < -0.39 is 27.5 Å². The maximum atomic E-state index is 11.1. The highest BCUT2D eigenvalue weighted by molar-refractivity contribution is 7.88. The van der Waals surface area contributed by atoms with E-state index >= 15 is 0 Å². The van der Waals surface area contributed by atoms with Crippen LogP contribution < -0.4 is 4.72 Å². The summed E-state index contributed by atoms with van der Waals surface area (Å²) in [5.74, 6) is 0. The Morgan fingerprint density at radius 2 is 2.06 bits per heavy atom. The quantitative estimate of drug-likeness (QED) is 0.647. The van der Waals surface area contributed by atoms with Gasteiger partial charge in [-0.15, -0.1) is 0 Å². The minimum atomic E-state index is -3.55. The van der Waals surface area contributed by atoms with Crippen molar-refractivity contribution in [2.75, 3.05) is 12.8 Å². The summed E-state index contributed by atoms with van der Waals surface area (Å²) in [5, 5.41) is 10.8. The molecular formula is C9H11ClN2O4S. The molecule has 17 heavy (non-hydrogen) atoms. The molecule has 0 aliphatic rings. The zero-order valence-corrected chi connectivity index (χ0v) is 10.5. The maximum absolute atomic E-state index is 11.1. The molecular weight excluding hydrogens is 268 g/mol. The lowest BCUT2D eigenvalue weighted by atomic mass is 10.1. The first kappa shape index (κ1) is 13.9. The van der Waals surface area contributed by atoms with Gasteiger partial charge in [-0.2, -0.15) is 0 Å². The minimum Gasteiger partial charge on any atom is -0.264 e. The van der Waals surface area contributed by atoms with E-state index in [0.717, 1.165) is 6.26 Å². The van der Waals surface area contributed by atoms with Crippen molar-refractivity contribution in [3.05, 3.63) is 45.0 Å². The van der Waals surface area contributed by atoms with Gasteiger partial charge in [-0.25, -0.2) is 13.1 Å². The second-order valence-electron chi connectivity index (χ2n) is 3.48. The number of hydrogen-bond acceptors (Lipinski definition) is 4.